The van der Waals surface area contributed by atoms with E-state index < -0.39 is 29.4 Å². The van der Waals surface area contributed by atoms with Crippen LogP contribution in [0.15, 0.2) is 0 Å². The predicted molar refractivity (Wildman–Crippen MR) is 41.2 cm³/mol. The summed E-state index contributed by atoms with van der Waals surface area (Å²) in [7, 11) is 3.87. The SMILES string of the molecule is [2H]C([2H])(C(=O)O)[C@@]([2H])(O)C([2H])([2H])[N+](C)(C)C. The van der Waals surface area contributed by atoms with Crippen LogP contribution in [0.1, 0.15) is 13.2 Å². The number of carbonyl (C=O) groups is 1. The lowest BCUT2D eigenvalue weighted by Gasteiger charge is -2.25. The number of carboxylic acids is 1. The van der Waals surface area contributed by atoms with Crippen LogP contribution in [0.2, 0.25) is 0 Å². The Morgan fingerprint density at radius 1 is 1.73 bits per heavy atom. The maximum Gasteiger partial charge on any atom is 0.306 e. The van der Waals surface area contributed by atoms with Crippen LogP contribution in [0.3, 0.4) is 0 Å². The molecular formula is C7H16NO3+. The fraction of sp³-hybridized carbons (Fsp3) is 0.857. The third kappa shape index (κ3) is 7.29. The van der Waals surface area contributed by atoms with Crippen LogP contribution in [0.25, 0.3) is 0 Å². The van der Waals surface area contributed by atoms with Crippen LogP contribution in [0.4, 0.5) is 0 Å². The molecule has 11 heavy (non-hydrogen) atoms. The molecule has 0 spiro atoms. The van der Waals surface area contributed by atoms with Gasteiger partial charge in [0.05, 0.1) is 31.6 Å². The molecule has 2 N–H and O–H groups in total. The third-order valence-corrected chi connectivity index (χ3v) is 0.667. The highest BCUT2D eigenvalue weighted by Gasteiger charge is 2.17. The van der Waals surface area contributed by atoms with E-state index in [0.29, 0.717) is 0 Å². The van der Waals surface area contributed by atoms with Crippen molar-refractivity contribution in [1.82, 2.24) is 0 Å². The Kier molecular flexibility index (Phi) is 1.48. The molecule has 0 aliphatic heterocycles. The Balaban J connectivity index is 5.62. The monoisotopic (exact) mass is 167 g/mol. The highest BCUT2D eigenvalue weighted by atomic mass is 16.4. The van der Waals surface area contributed by atoms with E-state index in [9.17, 15) is 9.90 Å². The van der Waals surface area contributed by atoms with Crippen LogP contribution >= 0.6 is 0 Å². The maximum absolute atomic E-state index is 10.6. The predicted octanol–water partition coefficient (Wildman–Crippen LogP) is -0.472. The molecule has 0 aliphatic rings. The second-order valence-corrected chi connectivity index (χ2v) is 2.90. The molecule has 0 amide bonds. The minimum atomic E-state index is -3.41. The first-order valence-corrected chi connectivity index (χ1v) is 2.97. The minimum absolute atomic E-state index is 0.611. The van der Waals surface area contributed by atoms with Gasteiger partial charge in [0.15, 0.2) is 0 Å². The van der Waals surface area contributed by atoms with E-state index in [1.54, 1.807) is 0 Å². The van der Waals surface area contributed by atoms with Gasteiger partial charge in [0.1, 0.15) is 12.6 Å². The molecule has 0 saturated carbocycles. The average Bonchev–Trinajstić information content (AvgIpc) is 2.00. The lowest BCUT2D eigenvalue weighted by Crippen LogP contribution is -2.42. The molecule has 0 aromatic heterocycles. The number of hydrogen-bond acceptors (Lipinski definition) is 2. The van der Waals surface area contributed by atoms with E-state index in [-0.39, 0.29) is 0 Å². The molecule has 0 aromatic carbocycles. The van der Waals surface area contributed by atoms with Gasteiger partial charge in [-0.05, 0) is 0 Å². The molecule has 0 fully saturated rings. The molecule has 66 valence electrons. The summed E-state index contributed by atoms with van der Waals surface area (Å²) in [4.78, 5) is 10.6. The van der Waals surface area contributed by atoms with Gasteiger partial charge in [0.2, 0.25) is 0 Å². The summed E-state index contributed by atoms with van der Waals surface area (Å²) in [6.45, 7) is -2.80. The van der Waals surface area contributed by atoms with E-state index >= 15 is 0 Å². The van der Waals surface area contributed by atoms with Gasteiger partial charge in [-0.15, -0.1) is 0 Å². The zero-order valence-corrected chi connectivity index (χ0v) is 6.75. The molecule has 0 rings (SSSR count). The summed E-state index contributed by atoms with van der Waals surface area (Å²) < 4.78 is 36.0. The third-order valence-electron chi connectivity index (χ3n) is 0.667. The molecule has 0 saturated heterocycles. The number of aliphatic carboxylic acids is 1. The normalized spacial score (nSPS) is 26.7. The van der Waals surface area contributed by atoms with Crippen molar-refractivity contribution in [3.63, 3.8) is 0 Å². The van der Waals surface area contributed by atoms with Crippen molar-refractivity contribution in [2.24, 2.45) is 0 Å². The van der Waals surface area contributed by atoms with Crippen molar-refractivity contribution in [2.45, 2.75) is 12.5 Å². The molecular weight excluding hydrogens is 146 g/mol. The van der Waals surface area contributed by atoms with Crippen LogP contribution in [-0.2, 0) is 4.79 Å². The Labute approximate surface area is 73.7 Å². The molecule has 0 radical (unpaired) electrons. The van der Waals surface area contributed by atoms with Crippen molar-refractivity contribution in [3.8, 4) is 0 Å². The van der Waals surface area contributed by atoms with Crippen LogP contribution in [0, 0.1) is 0 Å². The molecule has 0 aromatic rings. The summed E-state index contributed by atoms with van der Waals surface area (Å²) in [5, 5.41) is 18.2. The van der Waals surface area contributed by atoms with Gasteiger partial charge < -0.3 is 14.7 Å². The van der Waals surface area contributed by atoms with Crippen molar-refractivity contribution in [2.75, 3.05) is 27.6 Å². The minimum Gasteiger partial charge on any atom is -0.481 e. The Hall–Kier alpha value is -0.610. The van der Waals surface area contributed by atoms with Gasteiger partial charge in [-0.1, -0.05) is 0 Å². The van der Waals surface area contributed by atoms with Gasteiger partial charge in [-0.2, -0.15) is 0 Å². The first kappa shape index (κ1) is 4.42. The van der Waals surface area contributed by atoms with Gasteiger partial charge in [0, 0.05) is 2.74 Å². The average molecular weight is 167 g/mol. The van der Waals surface area contributed by atoms with Crippen molar-refractivity contribution < 1.29 is 26.3 Å². The Morgan fingerprint density at radius 2 is 2.18 bits per heavy atom. The lowest BCUT2D eigenvalue weighted by atomic mass is 10.2. The molecule has 1 atom stereocenters. The number of quaternary nitrogens is 1. The quantitative estimate of drug-likeness (QED) is 0.556. The summed E-state index contributed by atoms with van der Waals surface area (Å²) in [5.41, 5.74) is 0. The maximum atomic E-state index is 10.6. The number of aliphatic hydroxyl groups is 1. The number of likely N-dealkylation sites (N-methyl/N-ethyl adjacent to an activating group) is 1. The standard InChI is InChI=1S/C7H15NO3/c1-8(2,3)5-6(9)4-7(10)11/h6,9H,4-5H2,1-3H3/p+1/t6-/m1/s1/i4D2,5D2,6D. The molecule has 4 heteroatoms. The van der Waals surface area contributed by atoms with Crippen molar-refractivity contribution in [1.29, 1.82) is 0 Å². The van der Waals surface area contributed by atoms with Crippen LogP contribution in [0.5, 0.6) is 0 Å². The first-order chi connectivity index (χ1) is 6.69. The van der Waals surface area contributed by atoms with E-state index in [1.807, 2.05) is 0 Å². The highest BCUT2D eigenvalue weighted by Crippen LogP contribution is 1.98. The van der Waals surface area contributed by atoms with Crippen molar-refractivity contribution in [3.05, 3.63) is 0 Å². The second-order valence-electron chi connectivity index (χ2n) is 2.90. The summed E-state index contributed by atoms with van der Waals surface area (Å²) in [6, 6.07) is 0. The van der Waals surface area contributed by atoms with Crippen LogP contribution < -0.4 is 0 Å². The van der Waals surface area contributed by atoms with E-state index in [2.05, 4.69) is 0 Å². The fourth-order valence-corrected chi connectivity index (χ4v) is 0.447. The van der Waals surface area contributed by atoms with Gasteiger partial charge in [0.25, 0.3) is 0 Å². The number of hydrogen-bond donors (Lipinski definition) is 2. The zero-order chi connectivity index (χ0) is 13.6. The number of carboxylic acid groups (broad SMARTS) is 1. The van der Waals surface area contributed by atoms with Gasteiger partial charge in [-0.25, -0.2) is 0 Å². The summed E-state index contributed by atoms with van der Waals surface area (Å²) >= 11 is 0. The highest BCUT2D eigenvalue weighted by molar-refractivity contribution is 5.67. The molecule has 0 aliphatic carbocycles. The smallest absolute Gasteiger partial charge is 0.306 e. The van der Waals surface area contributed by atoms with Crippen LogP contribution in [-0.4, -0.2) is 54.4 Å². The summed E-state index contributed by atoms with van der Waals surface area (Å²) in [6.07, 6.45) is -6.83. The van der Waals surface area contributed by atoms with Gasteiger partial charge >= 0.3 is 5.97 Å². The molecule has 0 heterocycles. The number of nitrogens with zero attached hydrogens (tertiary/aromatic N) is 1. The molecule has 0 unspecified atom stereocenters. The molecule has 0 bridgehead atoms. The first-order valence-electron chi connectivity index (χ1n) is 5.47. The number of rotatable bonds is 4. The van der Waals surface area contributed by atoms with E-state index in [0.717, 1.165) is 0 Å². The van der Waals surface area contributed by atoms with Crippen molar-refractivity contribution >= 4 is 5.97 Å². The topological polar surface area (TPSA) is 57.5 Å². The van der Waals surface area contributed by atoms with E-state index in [4.69, 9.17) is 12.0 Å². The Morgan fingerprint density at radius 3 is 2.45 bits per heavy atom. The second kappa shape index (κ2) is 3.69. The zero-order valence-electron chi connectivity index (χ0n) is 11.7. The van der Waals surface area contributed by atoms with E-state index in [1.165, 1.54) is 21.1 Å². The molecule has 4 nitrogen and oxygen atoms in total. The summed E-state index contributed by atoms with van der Waals surface area (Å²) in [5.74, 6) is -2.08. The fourth-order valence-electron chi connectivity index (χ4n) is 0.447. The van der Waals surface area contributed by atoms with Gasteiger partial charge in [-0.3, -0.25) is 4.79 Å². The Bertz CT molecular complexity index is 297. The lowest BCUT2D eigenvalue weighted by molar-refractivity contribution is -0.873. The largest absolute Gasteiger partial charge is 0.481 e.